The number of nitrogens with zero attached hydrogens (tertiary/aromatic N) is 2. The number of halogens is 3. The van der Waals surface area contributed by atoms with Crippen LogP contribution >= 0.6 is 11.8 Å². The van der Waals surface area contributed by atoms with Gasteiger partial charge in [0, 0.05) is 12.6 Å². The summed E-state index contributed by atoms with van der Waals surface area (Å²) in [7, 11) is 0. The van der Waals surface area contributed by atoms with Crippen LogP contribution in [-0.4, -0.2) is 64.6 Å². The van der Waals surface area contributed by atoms with Gasteiger partial charge in [-0.25, -0.2) is 0 Å². The fourth-order valence-electron chi connectivity index (χ4n) is 2.41. The lowest BCUT2D eigenvalue weighted by Gasteiger charge is -2.39. The molecule has 0 aliphatic carbocycles. The third-order valence-electron chi connectivity index (χ3n) is 3.47. The number of hydrogen-bond acceptors (Lipinski definition) is 4. The molecule has 2 rings (SSSR count). The highest BCUT2D eigenvalue weighted by atomic mass is 32.2. The first-order valence-corrected chi connectivity index (χ1v) is 7.42. The number of hydrogen-bond donors (Lipinski definition) is 1. The predicted octanol–water partition coefficient (Wildman–Crippen LogP) is 0.400. The zero-order chi connectivity index (χ0) is 14.9. The Morgan fingerprint density at radius 2 is 2.10 bits per heavy atom. The number of thioether (sulfide) groups is 1. The van der Waals surface area contributed by atoms with E-state index in [1.165, 1.54) is 16.7 Å². The number of rotatable bonds is 2. The Morgan fingerprint density at radius 3 is 2.65 bits per heavy atom. The average Bonchev–Trinajstić information content (AvgIpc) is 2.73. The van der Waals surface area contributed by atoms with Gasteiger partial charge in [-0.05, 0) is 12.8 Å². The Balaban J connectivity index is 2.05. The highest BCUT2D eigenvalue weighted by Crippen LogP contribution is 2.31. The monoisotopic (exact) mass is 311 g/mol. The van der Waals surface area contributed by atoms with Gasteiger partial charge in [0.25, 0.3) is 0 Å². The molecule has 0 spiro atoms. The lowest BCUT2D eigenvalue weighted by atomic mass is 9.98. The van der Waals surface area contributed by atoms with Gasteiger partial charge in [0.15, 0.2) is 0 Å². The van der Waals surface area contributed by atoms with Crippen molar-refractivity contribution in [1.82, 2.24) is 9.80 Å². The maximum Gasteiger partial charge on any atom is 0.408 e. The number of carbonyl (C=O) groups excluding carboxylic acids is 2. The quantitative estimate of drug-likeness (QED) is 0.802. The van der Waals surface area contributed by atoms with Crippen LogP contribution in [0.1, 0.15) is 12.8 Å². The van der Waals surface area contributed by atoms with Gasteiger partial charge in [-0.15, -0.1) is 11.8 Å². The number of likely N-dealkylation sites (tertiary alicyclic amines) is 1. The van der Waals surface area contributed by atoms with Gasteiger partial charge in [0.05, 0.1) is 11.6 Å². The van der Waals surface area contributed by atoms with Crippen molar-refractivity contribution in [1.29, 1.82) is 0 Å². The highest BCUT2D eigenvalue weighted by Gasteiger charge is 2.47. The fourth-order valence-corrected chi connectivity index (χ4v) is 3.31. The molecule has 114 valence electrons. The summed E-state index contributed by atoms with van der Waals surface area (Å²) in [4.78, 5) is 25.6. The van der Waals surface area contributed by atoms with Crippen LogP contribution in [0, 0.1) is 0 Å². The Hall–Kier alpha value is -0.960. The number of carbonyl (C=O) groups is 2. The van der Waals surface area contributed by atoms with E-state index in [0.717, 1.165) is 4.90 Å². The SMILES string of the molecule is N[C@H]1CC[C@H](C(F)(F)F)N(C(=O)CN2CSCC2=O)C1. The first-order chi connectivity index (χ1) is 9.29. The zero-order valence-corrected chi connectivity index (χ0v) is 11.5. The zero-order valence-electron chi connectivity index (χ0n) is 10.7. The summed E-state index contributed by atoms with van der Waals surface area (Å²) in [5, 5.41) is 0. The minimum absolute atomic E-state index is 0.113. The van der Waals surface area contributed by atoms with E-state index < -0.39 is 24.2 Å². The van der Waals surface area contributed by atoms with Gasteiger partial charge in [-0.2, -0.15) is 13.2 Å². The van der Waals surface area contributed by atoms with Crippen molar-refractivity contribution in [3.05, 3.63) is 0 Å². The van der Waals surface area contributed by atoms with Crippen LogP contribution in [0.2, 0.25) is 0 Å². The minimum atomic E-state index is -4.46. The second-order valence-corrected chi connectivity index (χ2v) is 5.97. The summed E-state index contributed by atoms with van der Waals surface area (Å²) in [6.45, 7) is -0.413. The molecule has 0 aromatic rings. The summed E-state index contributed by atoms with van der Waals surface area (Å²) >= 11 is 1.34. The standard InChI is InChI=1S/C11H16F3N3O2S/c12-11(13,14)8-2-1-7(15)3-17(8)9(18)4-16-6-20-5-10(16)19/h7-8H,1-6,15H2/t7-,8+/m0/s1. The number of alkyl halides is 3. The smallest absolute Gasteiger partial charge is 0.327 e. The maximum atomic E-state index is 12.9. The van der Waals surface area contributed by atoms with Gasteiger partial charge in [0.1, 0.15) is 12.6 Å². The van der Waals surface area contributed by atoms with Crippen LogP contribution in [0.3, 0.4) is 0 Å². The Bertz CT molecular complexity index is 405. The van der Waals surface area contributed by atoms with E-state index in [-0.39, 0.29) is 37.6 Å². The molecular formula is C11H16F3N3O2S. The van der Waals surface area contributed by atoms with E-state index in [1.807, 2.05) is 0 Å². The predicted molar refractivity (Wildman–Crippen MR) is 67.8 cm³/mol. The van der Waals surface area contributed by atoms with E-state index in [4.69, 9.17) is 5.73 Å². The molecule has 0 saturated carbocycles. The van der Waals surface area contributed by atoms with Crippen molar-refractivity contribution < 1.29 is 22.8 Å². The molecule has 2 aliphatic rings. The van der Waals surface area contributed by atoms with Crippen LogP contribution in [0.15, 0.2) is 0 Å². The number of nitrogens with two attached hydrogens (primary N) is 1. The molecule has 2 amide bonds. The lowest BCUT2D eigenvalue weighted by molar-refractivity contribution is -0.197. The summed E-state index contributed by atoms with van der Waals surface area (Å²) in [6, 6.07) is -2.23. The maximum absolute atomic E-state index is 12.9. The van der Waals surface area contributed by atoms with Crippen molar-refractivity contribution >= 4 is 23.6 Å². The van der Waals surface area contributed by atoms with Crippen LogP contribution < -0.4 is 5.73 Å². The summed E-state index contributed by atoms with van der Waals surface area (Å²) in [6.07, 6.45) is -4.40. The normalized spacial score (nSPS) is 28.1. The largest absolute Gasteiger partial charge is 0.408 e. The Morgan fingerprint density at radius 1 is 1.40 bits per heavy atom. The second kappa shape index (κ2) is 5.80. The van der Waals surface area contributed by atoms with Crippen LogP contribution in [-0.2, 0) is 9.59 Å². The topological polar surface area (TPSA) is 66.6 Å². The molecule has 2 saturated heterocycles. The van der Waals surface area contributed by atoms with Crippen molar-refractivity contribution in [3.8, 4) is 0 Å². The van der Waals surface area contributed by atoms with Crippen molar-refractivity contribution in [2.45, 2.75) is 31.1 Å². The number of amides is 2. The third kappa shape index (κ3) is 3.38. The summed E-state index contributed by atoms with van der Waals surface area (Å²) in [5.74, 6) is -0.275. The Kier molecular flexibility index (Phi) is 4.48. The van der Waals surface area contributed by atoms with Gasteiger partial charge >= 0.3 is 6.18 Å². The van der Waals surface area contributed by atoms with E-state index in [1.54, 1.807) is 0 Å². The summed E-state index contributed by atoms with van der Waals surface area (Å²) < 4.78 is 38.8. The van der Waals surface area contributed by atoms with Crippen molar-refractivity contribution in [3.63, 3.8) is 0 Å². The molecule has 2 fully saturated rings. The average molecular weight is 311 g/mol. The first kappa shape index (κ1) is 15.4. The minimum Gasteiger partial charge on any atom is -0.327 e. The van der Waals surface area contributed by atoms with E-state index in [9.17, 15) is 22.8 Å². The molecule has 0 unspecified atom stereocenters. The molecule has 9 heteroatoms. The molecular weight excluding hydrogens is 295 g/mol. The molecule has 0 aromatic heterocycles. The highest BCUT2D eigenvalue weighted by molar-refractivity contribution is 8.00. The van der Waals surface area contributed by atoms with E-state index in [0.29, 0.717) is 5.88 Å². The van der Waals surface area contributed by atoms with Gasteiger partial charge in [0.2, 0.25) is 11.8 Å². The fraction of sp³-hybridized carbons (Fsp3) is 0.818. The van der Waals surface area contributed by atoms with Crippen molar-refractivity contribution in [2.75, 3.05) is 24.7 Å². The van der Waals surface area contributed by atoms with Gasteiger partial charge in [-0.1, -0.05) is 0 Å². The van der Waals surface area contributed by atoms with Crippen LogP contribution in [0.5, 0.6) is 0 Å². The molecule has 2 heterocycles. The van der Waals surface area contributed by atoms with Gasteiger partial charge in [-0.3, -0.25) is 9.59 Å². The van der Waals surface area contributed by atoms with Crippen LogP contribution in [0.4, 0.5) is 13.2 Å². The van der Waals surface area contributed by atoms with Gasteiger partial charge < -0.3 is 15.5 Å². The number of piperidine rings is 1. The third-order valence-corrected chi connectivity index (χ3v) is 4.41. The molecule has 2 aliphatic heterocycles. The first-order valence-electron chi connectivity index (χ1n) is 6.26. The lowest BCUT2D eigenvalue weighted by Crippen LogP contribution is -2.58. The molecule has 0 bridgehead atoms. The molecule has 2 N–H and O–H groups in total. The molecule has 0 aromatic carbocycles. The molecule has 5 nitrogen and oxygen atoms in total. The van der Waals surface area contributed by atoms with Crippen molar-refractivity contribution in [2.24, 2.45) is 5.73 Å². The summed E-state index contributed by atoms with van der Waals surface area (Å²) in [5.41, 5.74) is 5.66. The molecule has 2 atom stereocenters. The second-order valence-electron chi connectivity index (χ2n) is 5.01. The van der Waals surface area contributed by atoms with Crippen LogP contribution in [0.25, 0.3) is 0 Å². The molecule has 20 heavy (non-hydrogen) atoms. The Labute approximate surface area is 118 Å². The molecule has 0 radical (unpaired) electrons. The van der Waals surface area contributed by atoms with E-state index in [2.05, 4.69) is 0 Å². The van der Waals surface area contributed by atoms with E-state index >= 15 is 0 Å².